The van der Waals surface area contributed by atoms with Crippen LogP contribution in [-0.4, -0.2) is 13.0 Å². The third kappa shape index (κ3) is 10.7. The van der Waals surface area contributed by atoms with Gasteiger partial charge in [-0.2, -0.15) is 0 Å². The van der Waals surface area contributed by atoms with Gasteiger partial charge in [-0.05, 0) is 6.42 Å². The highest BCUT2D eigenvalue weighted by Gasteiger charge is 1.69. The second-order valence-electron chi connectivity index (χ2n) is 0.989. The van der Waals surface area contributed by atoms with Gasteiger partial charge >= 0.3 is 0 Å². The lowest BCUT2D eigenvalue weighted by Crippen LogP contribution is -1.85. The smallest absolute Gasteiger partial charge is 0.166 e. The van der Waals surface area contributed by atoms with E-state index >= 15 is 0 Å². The fraction of sp³-hybridized carbons (Fsp3) is 0.750. The molecule has 0 saturated heterocycles. The minimum atomic E-state index is 0. The molecule has 0 rings (SSSR count). The summed E-state index contributed by atoms with van der Waals surface area (Å²) in [7, 11) is 0. The van der Waals surface area contributed by atoms with Crippen molar-refractivity contribution in [3.63, 3.8) is 0 Å². The Morgan fingerprint density at radius 3 is 2.43 bits per heavy atom. The average molecular weight is 124 g/mol. The number of nitrogens with one attached hydrogen (secondary N) is 1. The molecular formula is C4H10ClNO. The molecule has 0 aromatic heterocycles. The van der Waals surface area contributed by atoms with Gasteiger partial charge in [-0.15, -0.1) is 12.4 Å². The summed E-state index contributed by atoms with van der Waals surface area (Å²) in [6, 6.07) is 0. The number of halogens is 1. The molecule has 0 unspecified atom stereocenters. The molecule has 0 aromatic rings. The van der Waals surface area contributed by atoms with Crippen LogP contribution in [-0.2, 0) is 4.74 Å². The maximum absolute atomic E-state index is 6.36. The molecule has 0 amide bonds. The third-order valence-electron chi connectivity index (χ3n) is 0.405. The van der Waals surface area contributed by atoms with E-state index in [1.54, 1.807) is 0 Å². The first-order chi connectivity index (χ1) is 2.91. The Morgan fingerprint density at radius 1 is 1.71 bits per heavy atom. The molecule has 7 heavy (non-hydrogen) atoms. The van der Waals surface area contributed by atoms with Crippen molar-refractivity contribution in [2.45, 2.75) is 13.3 Å². The zero-order valence-electron chi connectivity index (χ0n) is 4.31. The summed E-state index contributed by atoms with van der Waals surface area (Å²) < 4.78 is 4.52. The van der Waals surface area contributed by atoms with Crippen LogP contribution in [0.25, 0.3) is 0 Å². The monoisotopic (exact) mass is 123 g/mol. The van der Waals surface area contributed by atoms with Gasteiger partial charge < -0.3 is 4.74 Å². The van der Waals surface area contributed by atoms with Crippen LogP contribution in [0.5, 0.6) is 0 Å². The van der Waals surface area contributed by atoms with Gasteiger partial charge in [0.25, 0.3) is 0 Å². The first-order valence-electron chi connectivity index (χ1n) is 2.02. The van der Waals surface area contributed by atoms with Gasteiger partial charge in [0.1, 0.15) is 0 Å². The minimum Gasteiger partial charge on any atom is -0.484 e. The predicted molar refractivity (Wildman–Crippen MR) is 32.3 cm³/mol. The minimum absolute atomic E-state index is 0. The Labute approximate surface area is 49.8 Å². The van der Waals surface area contributed by atoms with Crippen LogP contribution in [0.1, 0.15) is 13.3 Å². The largest absolute Gasteiger partial charge is 0.484 e. The van der Waals surface area contributed by atoms with Crippen molar-refractivity contribution in [2.24, 2.45) is 0 Å². The van der Waals surface area contributed by atoms with E-state index in [2.05, 4.69) is 4.74 Å². The van der Waals surface area contributed by atoms with Gasteiger partial charge in [0.05, 0.1) is 6.61 Å². The van der Waals surface area contributed by atoms with Gasteiger partial charge in [0, 0.05) is 0 Å². The van der Waals surface area contributed by atoms with Crippen molar-refractivity contribution >= 4 is 18.8 Å². The summed E-state index contributed by atoms with van der Waals surface area (Å²) in [4.78, 5) is 0. The molecular weight excluding hydrogens is 114 g/mol. The molecule has 0 fully saturated rings. The Balaban J connectivity index is 0. The zero-order valence-corrected chi connectivity index (χ0v) is 5.12. The van der Waals surface area contributed by atoms with Gasteiger partial charge in [-0.3, -0.25) is 5.41 Å². The Kier molecular flexibility index (Phi) is 13.1. The van der Waals surface area contributed by atoms with E-state index in [9.17, 15) is 0 Å². The molecule has 0 spiro atoms. The first-order valence-corrected chi connectivity index (χ1v) is 2.02. The van der Waals surface area contributed by atoms with Crippen molar-refractivity contribution in [3.05, 3.63) is 0 Å². The summed E-state index contributed by atoms with van der Waals surface area (Å²) in [5.74, 6) is 0. The van der Waals surface area contributed by atoms with Gasteiger partial charge in [0.2, 0.25) is 0 Å². The van der Waals surface area contributed by atoms with Crippen LogP contribution in [0, 0.1) is 5.41 Å². The molecule has 0 bridgehead atoms. The van der Waals surface area contributed by atoms with E-state index < -0.39 is 0 Å². The van der Waals surface area contributed by atoms with E-state index in [-0.39, 0.29) is 12.4 Å². The maximum Gasteiger partial charge on any atom is 0.166 e. The topological polar surface area (TPSA) is 33.1 Å². The highest BCUT2D eigenvalue weighted by molar-refractivity contribution is 5.85. The predicted octanol–water partition coefficient (Wildman–Crippen LogP) is 1.44. The van der Waals surface area contributed by atoms with E-state index in [4.69, 9.17) is 5.41 Å². The summed E-state index contributed by atoms with van der Waals surface area (Å²) in [5.41, 5.74) is 0. The number of hydrogen-bond acceptors (Lipinski definition) is 2. The molecule has 0 aliphatic carbocycles. The van der Waals surface area contributed by atoms with Crippen molar-refractivity contribution in [1.82, 2.24) is 0 Å². The lowest BCUT2D eigenvalue weighted by atomic mass is 10.5. The number of hydrogen-bond donors (Lipinski definition) is 1. The van der Waals surface area contributed by atoms with E-state index in [0.717, 1.165) is 12.8 Å². The average Bonchev–Trinajstić information content (AvgIpc) is 1.61. The molecule has 0 aliphatic rings. The molecule has 0 saturated carbocycles. The Morgan fingerprint density at radius 2 is 2.29 bits per heavy atom. The second kappa shape index (κ2) is 9.23. The van der Waals surface area contributed by atoms with Gasteiger partial charge in [0.15, 0.2) is 6.40 Å². The van der Waals surface area contributed by atoms with Crippen LogP contribution >= 0.6 is 12.4 Å². The van der Waals surface area contributed by atoms with Crippen molar-refractivity contribution in [2.75, 3.05) is 6.61 Å². The molecule has 44 valence electrons. The van der Waals surface area contributed by atoms with Crippen molar-refractivity contribution < 1.29 is 4.74 Å². The summed E-state index contributed by atoms with van der Waals surface area (Å²) in [5, 5.41) is 6.36. The standard InChI is InChI=1S/C4H9NO.ClH/c1-2-3-6-4-5;/h4-5H,2-3H2,1H3;1H. The van der Waals surface area contributed by atoms with E-state index in [1.807, 2.05) is 6.92 Å². The fourth-order valence-electron chi connectivity index (χ4n) is 0.177. The molecule has 1 N–H and O–H groups in total. The Bertz CT molecular complexity index is 40.7. The fourth-order valence-corrected chi connectivity index (χ4v) is 0.177. The second-order valence-corrected chi connectivity index (χ2v) is 0.989. The normalized spacial score (nSPS) is 6.43. The molecule has 3 heteroatoms. The summed E-state index contributed by atoms with van der Waals surface area (Å²) in [6.07, 6.45) is 1.94. The van der Waals surface area contributed by atoms with E-state index in [1.165, 1.54) is 0 Å². The zero-order chi connectivity index (χ0) is 4.83. The number of rotatable bonds is 3. The molecule has 0 atom stereocenters. The SMILES string of the molecule is CCCOC=N.Cl. The molecule has 0 aliphatic heterocycles. The molecule has 0 radical (unpaired) electrons. The highest BCUT2D eigenvalue weighted by atomic mass is 35.5. The molecule has 0 heterocycles. The lowest BCUT2D eigenvalue weighted by Gasteiger charge is -1.88. The summed E-state index contributed by atoms with van der Waals surface area (Å²) >= 11 is 0. The van der Waals surface area contributed by atoms with E-state index in [0.29, 0.717) is 6.61 Å². The summed E-state index contributed by atoms with van der Waals surface area (Å²) in [6.45, 7) is 2.67. The van der Waals surface area contributed by atoms with Crippen LogP contribution < -0.4 is 0 Å². The van der Waals surface area contributed by atoms with Gasteiger partial charge in [-0.25, -0.2) is 0 Å². The lowest BCUT2D eigenvalue weighted by molar-refractivity contribution is 0.317. The maximum atomic E-state index is 6.36. The third-order valence-corrected chi connectivity index (χ3v) is 0.405. The quantitative estimate of drug-likeness (QED) is 0.344. The van der Waals surface area contributed by atoms with Crippen LogP contribution in [0.15, 0.2) is 0 Å². The first kappa shape index (κ1) is 9.90. The van der Waals surface area contributed by atoms with Crippen LogP contribution in [0.3, 0.4) is 0 Å². The van der Waals surface area contributed by atoms with Crippen molar-refractivity contribution in [3.8, 4) is 0 Å². The molecule has 2 nitrogen and oxygen atoms in total. The van der Waals surface area contributed by atoms with Gasteiger partial charge in [-0.1, -0.05) is 6.92 Å². The van der Waals surface area contributed by atoms with Crippen LogP contribution in [0.2, 0.25) is 0 Å². The molecule has 0 aromatic carbocycles. The Hall–Kier alpha value is -0.240. The van der Waals surface area contributed by atoms with Crippen molar-refractivity contribution in [1.29, 1.82) is 5.41 Å². The number of ether oxygens (including phenoxy) is 1. The highest BCUT2D eigenvalue weighted by Crippen LogP contribution is 1.72. The van der Waals surface area contributed by atoms with Crippen LogP contribution in [0.4, 0.5) is 0 Å².